The summed E-state index contributed by atoms with van der Waals surface area (Å²) < 4.78 is 0. The van der Waals surface area contributed by atoms with Crippen molar-refractivity contribution in [3.63, 3.8) is 0 Å². The first-order chi connectivity index (χ1) is 15.4. The topological polar surface area (TPSA) is 87.5 Å². The molecule has 1 spiro atoms. The van der Waals surface area contributed by atoms with Gasteiger partial charge in [0.15, 0.2) is 0 Å². The summed E-state index contributed by atoms with van der Waals surface area (Å²) >= 11 is 0. The van der Waals surface area contributed by atoms with Crippen molar-refractivity contribution in [3.8, 4) is 0 Å². The maximum Gasteiger partial charge on any atom is 0.234 e. The van der Waals surface area contributed by atoms with Crippen LogP contribution in [0.3, 0.4) is 0 Å². The molecular weight excluding hydrogens is 400 g/mol. The summed E-state index contributed by atoms with van der Waals surface area (Å²) in [6, 6.07) is 18.5. The number of hydrogen-bond acceptors (Lipinski definition) is 4. The standard InChI is InChI=1S/C26H34N4O2/c1-18(2)28-25(32)22-16-30(15-19-8-4-3-5-9-19)17-26(22)13-12-20-10-6-7-11-21(20)24(26)29-23(31)14-27/h3-11,18,22,24H,12-17,27H2,1-2H3,(H,28,32)(H,29,31)/t22-,24+,26-/m0/s1. The predicted octanol–water partition coefficient (Wildman–Crippen LogP) is 2.39. The number of likely N-dealkylation sites (tertiary alicyclic amines) is 1. The van der Waals surface area contributed by atoms with E-state index < -0.39 is 0 Å². The molecule has 0 aromatic heterocycles. The molecule has 0 saturated carbocycles. The van der Waals surface area contributed by atoms with Crippen LogP contribution in [0.25, 0.3) is 0 Å². The van der Waals surface area contributed by atoms with Crippen molar-refractivity contribution in [1.82, 2.24) is 15.5 Å². The first-order valence-corrected chi connectivity index (χ1v) is 11.6. The Morgan fingerprint density at radius 2 is 1.84 bits per heavy atom. The number of fused-ring (bicyclic) bond motifs is 1. The molecule has 1 aliphatic heterocycles. The van der Waals surface area contributed by atoms with Crippen LogP contribution in [-0.4, -0.2) is 42.4 Å². The third kappa shape index (κ3) is 4.43. The molecule has 3 atom stereocenters. The maximum atomic E-state index is 13.5. The van der Waals surface area contributed by atoms with Gasteiger partial charge in [-0.2, -0.15) is 0 Å². The van der Waals surface area contributed by atoms with Gasteiger partial charge in [-0.15, -0.1) is 0 Å². The second kappa shape index (κ2) is 9.43. The van der Waals surface area contributed by atoms with E-state index in [1.165, 1.54) is 11.1 Å². The number of aryl methyl sites for hydroxylation is 1. The van der Waals surface area contributed by atoms with Crippen LogP contribution >= 0.6 is 0 Å². The quantitative estimate of drug-likeness (QED) is 0.652. The van der Waals surface area contributed by atoms with Crippen LogP contribution in [0.5, 0.6) is 0 Å². The third-order valence-corrected chi connectivity index (χ3v) is 6.94. The Balaban J connectivity index is 1.73. The van der Waals surface area contributed by atoms with E-state index in [4.69, 9.17) is 5.73 Å². The van der Waals surface area contributed by atoms with E-state index in [-0.39, 0.29) is 41.8 Å². The highest BCUT2D eigenvalue weighted by Crippen LogP contribution is 2.53. The summed E-state index contributed by atoms with van der Waals surface area (Å²) in [5.41, 5.74) is 8.89. The van der Waals surface area contributed by atoms with Crippen LogP contribution in [0.15, 0.2) is 54.6 Å². The molecule has 6 heteroatoms. The molecule has 32 heavy (non-hydrogen) atoms. The number of carbonyl (C=O) groups is 2. The van der Waals surface area contributed by atoms with Gasteiger partial charge >= 0.3 is 0 Å². The zero-order chi connectivity index (χ0) is 22.7. The van der Waals surface area contributed by atoms with Crippen molar-refractivity contribution in [2.45, 2.75) is 45.3 Å². The monoisotopic (exact) mass is 434 g/mol. The van der Waals surface area contributed by atoms with Gasteiger partial charge in [-0.25, -0.2) is 0 Å². The van der Waals surface area contributed by atoms with Gasteiger partial charge in [-0.3, -0.25) is 14.5 Å². The fraction of sp³-hybridized carbons (Fsp3) is 0.462. The molecule has 4 N–H and O–H groups in total. The minimum atomic E-state index is -0.382. The van der Waals surface area contributed by atoms with E-state index in [9.17, 15) is 9.59 Å². The van der Waals surface area contributed by atoms with Gasteiger partial charge in [0, 0.05) is 31.1 Å². The number of amides is 2. The molecule has 4 rings (SSSR count). The molecule has 0 bridgehead atoms. The molecule has 2 amide bonds. The average Bonchev–Trinajstić information content (AvgIpc) is 3.14. The maximum absolute atomic E-state index is 13.5. The van der Waals surface area contributed by atoms with Crippen LogP contribution in [-0.2, 0) is 22.6 Å². The van der Waals surface area contributed by atoms with Crippen molar-refractivity contribution in [3.05, 3.63) is 71.3 Å². The Kier molecular flexibility index (Phi) is 6.63. The van der Waals surface area contributed by atoms with Crippen LogP contribution in [0.4, 0.5) is 0 Å². The van der Waals surface area contributed by atoms with Crippen molar-refractivity contribution < 1.29 is 9.59 Å². The lowest BCUT2D eigenvalue weighted by molar-refractivity contribution is -0.131. The minimum Gasteiger partial charge on any atom is -0.354 e. The fourth-order valence-electron chi connectivity index (χ4n) is 5.57. The number of nitrogens with zero attached hydrogens (tertiary/aromatic N) is 1. The molecule has 2 aliphatic rings. The summed E-state index contributed by atoms with van der Waals surface area (Å²) in [6.45, 7) is 6.13. The SMILES string of the molecule is CC(C)NC(=O)[C@@H]1CN(Cc2ccccc2)C[C@@]12CCc1ccccc1[C@H]2NC(=O)CN. The summed E-state index contributed by atoms with van der Waals surface area (Å²) in [4.78, 5) is 28.3. The number of carbonyl (C=O) groups excluding carboxylic acids is 2. The van der Waals surface area contributed by atoms with E-state index in [0.717, 1.165) is 31.5 Å². The minimum absolute atomic E-state index is 0.0642. The molecule has 0 radical (unpaired) electrons. The normalized spacial score (nSPS) is 25.0. The first kappa shape index (κ1) is 22.5. The summed E-state index contributed by atoms with van der Waals surface area (Å²) in [7, 11) is 0. The summed E-state index contributed by atoms with van der Waals surface area (Å²) in [6.07, 6.45) is 1.75. The highest BCUT2D eigenvalue weighted by molar-refractivity contribution is 5.82. The zero-order valence-electron chi connectivity index (χ0n) is 19.0. The molecule has 6 nitrogen and oxygen atoms in total. The van der Waals surface area contributed by atoms with Crippen molar-refractivity contribution in [1.29, 1.82) is 0 Å². The molecule has 1 heterocycles. The summed E-state index contributed by atoms with van der Waals surface area (Å²) in [5, 5.41) is 6.36. The number of nitrogens with one attached hydrogen (secondary N) is 2. The lowest BCUT2D eigenvalue weighted by Gasteiger charge is -2.46. The molecule has 1 aliphatic carbocycles. The van der Waals surface area contributed by atoms with Crippen molar-refractivity contribution in [2.24, 2.45) is 17.1 Å². The van der Waals surface area contributed by atoms with E-state index >= 15 is 0 Å². The van der Waals surface area contributed by atoms with Gasteiger partial charge < -0.3 is 16.4 Å². The number of hydrogen-bond donors (Lipinski definition) is 3. The molecule has 1 saturated heterocycles. The second-order valence-corrected chi connectivity index (χ2v) is 9.51. The molecule has 2 aromatic rings. The molecular formula is C26H34N4O2. The van der Waals surface area contributed by atoms with Gasteiger partial charge in [-0.05, 0) is 43.4 Å². The fourth-order valence-corrected chi connectivity index (χ4v) is 5.57. The van der Waals surface area contributed by atoms with Crippen molar-refractivity contribution in [2.75, 3.05) is 19.6 Å². The van der Waals surface area contributed by atoms with Gasteiger partial charge in [0.05, 0.1) is 18.5 Å². The molecule has 170 valence electrons. The van der Waals surface area contributed by atoms with Crippen molar-refractivity contribution >= 4 is 11.8 Å². The smallest absolute Gasteiger partial charge is 0.234 e. The highest BCUT2D eigenvalue weighted by atomic mass is 16.2. The Labute approximate surface area is 190 Å². The Morgan fingerprint density at radius 3 is 2.56 bits per heavy atom. The summed E-state index contributed by atoms with van der Waals surface area (Å²) in [5.74, 6) is -0.331. The molecule has 0 unspecified atom stereocenters. The molecule has 2 aromatic carbocycles. The van der Waals surface area contributed by atoms with E-state index in [1.54, 1.807) is 0 Å². The van der Waals surface area contributed by atoms with E-state index in [0.29, 0.717) is 6.54 Å². The number of nitrogens with two attached hydrogens (primary N) is 1. The lowest BCUT2D eigenvalue weighted by atomic mass is 9.62. The third-order valence-electron chi connectivity index (χ3n) is 6.94. The van der Waals surface area contributed by atoms with Gasteiger partial charge in [0.2, 0.25) is 11.8 Å². The van der Waals surface area contributed by atoms with E-state index in [1.807, 2.05) is 44.2 Å². The zero-order valence-corrected chi connectivity index (χ0v) is 19.0. The average molecular weight is 435 g/mol. The highest BCUT2D eigenvalue weighted by Gasteiger charge is 2.56. The Bertz CT molecular complexity index is 961. The Morgan fingerprint density at radius 1 is 1.12 bits per heavy atom. The van der Waals surface area contributed by atoms with E-state index in [2.05, 4.69) is 39.8 Å². The lowest BCUT2D eigenvalue weighted by Crippen LogP contribution is -2.53. The largest absolute Gasteiger partial charge is 0.354 e. The number of benzene rings is 2. The van der Waals surface area contributed by atoms with Gasteiger partial charge in [0.1, 0.15) is 0 Å². The Hall–Kier alpha value is -2.70. The van der Waals surface area contributed by atoms with Gasteiger partial charge in [0.25, 0.3) is 0 Å². The van der Waals surface area contributed by atoms with Crippen LogP contribution < -0.4 is 16.4 Å². The molecule has 1 fully saturated rings. The second-order valence-electron chi connectivity index (χ2n) is 9.51. The van der Waals surface area contributed by atoms with Gasteiger partial charge in [-0.1, -0.05) is 54.6 Å². The number of rotatable bonds is 6. The predicted molar refractivity (Wildman–Crippen MR) is 126 cm³/mol. The van der Waals surface area contributed by atoms with Crippen LogP contribution in [0.2, 0.25) is 0 Å². The van der Waals surface area contributed by atoms with Crippen LogP contribution in [0, 0.1) is 11.3 Å². The van der Waals surface area contributed by atoms with Crippen LogP contribution in [0.1, 0.15) is 43.0 Å². The first-order valence-electron chi connectivity index (χ1n) is 11.6.